The van der Waals surface area contributed by atoms with Crippen LogP contribution in [0.5, 0.6) is 0 Å². The molecule has 0 amide bonds. The predicted molar refractivity (Wildman–Crippen MR) is 115 cm³/mol. The zero-order chi connectivity index (χ0) is 21.1. The zero-order valence-electron chi connectivity index (χ0n) is 16.3. The second kappa shape index (κ2) is 9.16. The van der Waals surface area contributed by atoms with E-state index in [0.717, 1.165) is 0 Å². The van der Waals surface area contributed by atoms with Crippen molar-refractivity contribution in [1.82, 2.24) is 14.8 Å². The fourth-order valence-corrected chi connectivity index (χ4v) is 4.27. The lowest BCUT2D eigenvalue weighted by Gasteiger charge is -2.28. The summed E-state index contributed by atoms with van der Waals surface area (Å²) < 4.78 is 21.2. The molecule has 0 radical (unpaired) electrons. The van der Waals surface area contributed by atoms with Gasteiger partial charge in [-0.25, -0.2) is 4.39 Å². The van der Waals surface area contributed by atoms with Crippen LogP contribution >= 0.6 is 23.4 Å². The van der Waals surface area contributed by atoms with Crippen LogP contribution in [0.4, 0.5) is 10.3 Å². The quantitative estimate of drug-likeness (QED) is 0.416. The van der Waals surface area contributed by atoms with Crippen LogP contribution in [0.3, 0.4) is 0 Å². The number of carbonyl (C=O) groups excluding carboxylic acids is 1. The van der Waals surface area contributed by atoms with Crippen LogP contribution < -0.4 is 4.90 Å². The topological polar surface area (TPSA) is 60.2 Å². The van der Waals surface area contributed by atoms with Crippen LogP contribution in [-0.2, 0) is 4.74 Å². The third-order valence-corrected chi connectivity index (χ3v) is 6.05. The number of ether oxygens (including phenoxy) is 1. The van der Waals surface area contributed by atoms with Crippen LogP contribution in [0.25, 0.3) is 5.69 Å². The van der Waals surface area contributed by atoms with E-state index in [2.05, 4.69) is 15.1 Å². The molecule has 9 heteroatoms. The molecule has 2 aromatic carbocycles. The summed E-state index contributed by atoms with van der Waals surface area (Å²) in [5.74, 6) is 0.214. The smallest absolute Gasteiger partial charge is 0.232 e. The molecule has 1 aliphatic rings. The van der Waals surface area contributed by atoms with Gasteiger partial charge in [0.05, 0.1) is 24.2 Å². The lowest BCUT2D eigenvalue weighted by Crippen LogP contribution is -2.37. The Balaban J connectivity index is 1.66. The van der Waals surface area contributed by atoms with Gasteiger partial charge in [0.15, 0.2) is 10.9 Å². The van der Waals surface area contributed by atoms with Gasteiger partial charge in [-0.2, -0.15) is 0 Å². The van der Waals surface area contributed by atoms with E-state index in [1.165, 1.54) is 23.9 Å². The molecule has 156 valence electrons. The average molecular weight is 447 g/mol. The molecular formula is C21H20ClFN4O2S. The van der Waals surface area contributed by atoms with Gasteiger partial charge < -0.3 is 9.64 Å². The Morgan fingerprint density at radius 3 is 2.60 bits per heavy atom. The molecule has 30 heavy (non-hydrogen) atoms. The minimum atomic E-state index is -0.416. The Kier molecular flexibility index (Phi) is 6.36. The summed E-state index contributed by atoms with van der Waals surface area (Å²) in [6.07, 6.45) is 0. The number of rotatable bonds is 6. The van der Waals surface area contributed by atoms with Crippen LogP contribution in [0.15, 0.2) is 53.7 Å². The lowest BCUT2D eigenvalue weighted by atomic mass is 10.1. The first-order valence-corrected chi connectivity index (χ1v) is 10.8. The van der Waals surface area contributed by atoms with Crippen molar-refractivity contribution >= 4 is 35.1 Å². The van der Waals surface area contributed by atoms with Gasteiger partial charge in [-0.3, -0.25) is 9.36 Å². The number of Topliss-reactive ketones (excluding diaryl/α,β-unsaturated/α-hetero) is 1. The van der Waals surface area contributed by atoms with Crippen molar-refractivity contribution in [3.8, 4) is 5.69 Å². The van der Waals surface area contributed by atoms with Gasteiger partial charge >= 0.3 is 0 Å². The van der Waals surface area contributed by atoms with Gasteiger partial charge in [-0.15, -0.1) is 10.2 Å². The van der Waals surface area contributed by atoms with E-state index in [0.29, 0.717) is 53.7 Å². The second-order valence-electron chi connectivity index (χ2n) is 6.83. The number of morpholine rings is 1. The predicted octanol–water partition coefficient (Wildman–Crippen LogP) is 4.26. The van der Waals surface area contributed by atoms with Gasteiger partial charge in [-0.1, -0.05) is 29.4 Å². The standard InChI is InChI=1S/C21H20ClFN4O2S/c1-14(19(28)15-5-7-16(22)8-6-15)30-21-25-24-20(26-9-11-29-12-10-26)27(21)18-4-2-3-17(23)13-18/h2-8,13-14H,9-12H2,1H3/t14-/m1/s1. The van der Waals surface area contributed by atoms with E-state index >= 15 is 0 Å². The molecule has 0 unspecified atom stereocenters. The summed E-state index contributed by atoms with van der Waals surface area (Å²) >= 11 is 7.21. The van der Waals surface area contributed by atoms with Gasteiger partial charge in [-0.05, 0) is 49.4 Å². The van der Waals surface area contributed by atoms with Crippen LogP contribution in [0, 0.1) is 5.82 Å². The molecule has 0 saturated carbocycles. The number of nitrogens with zero attached hydrogens (tertiary/aromatic N) is 4. The monoisotopic (exact) mass is 446 g/mol. The third kappa shape index (κ3) is 4.50. The lowest BCUT2D eigenvalue weighted by molar-refractivity contribution is 0.0994. The normalized spacial score (nSPS) is 15.2. The highest BCUT2D eigenvalue weighted by Crippen LogP contribution is 2.31. The number of anilines is 1. The summed E-state index contributed by atoms with van der Waals surface area (Å²) in [7, 11) is 0. The van der Waals surface area contributed by atoms with Crippen molar-refractivity contribution in [2.24, 2.45) is 0 Å². The highest BCUT2D eigenvalue weighted by molar-refractivity contribution is 8.00. The van der Waals surface area contributed by atoms with Crippen LogP contribution in [-0.4, -0.2) is 52.1 Å². The summed E-state index contributed by atoms with van der Waals surface area (Å²) in [6.45, 7) is 4.32. The number of hydrogen-bond acceptors (Lipinski definition) is 6. The first-order valence-electron chi connectivity index (χ1n) is 9.53. The molecule has 6 nitrogen and oxygen atoms in total. The molecule has 1 aromatic heterocycles. The van der Waals surface area contributed by atoms with Gasteiger partial charge in [0, 0.05) is 23.7 Å². The largest absolute Gasteiger partial charge is 0.378 e. The van der Waals surface area contributed by atoms with E-state index in [1.54, 1.807) is 41.0 Å². The van der Waals surface area contributed by atoms with E-state index in [4.69, 9.17) is 16.3 Å². The summed E-state index contributed by atoms with van der Waals surface area (Å²) in [5.41, 5.74) is 1.18. The van der Waals surface area contributed by atoms with Crippen molar-refractivity contribution in [1.29, 1.82) is 0 Å². The molecule has 1 aliphatic heterocycles. The Hall–Kier alpha value is -2.42. The molecule has 1 fully saturated rings. The van der Waals surface area contributed by atoms with Crippen molar-refractivity contribution < 1.29 is 13.9 Å². The third-order valence-electron chi connectivity index (χ3n) is 4.76. The van der Waals surface area contributed by atoms with E-state index in [1.807, 2.05) is 6.92 Å². The summed E-state index contributed by atoms with van der Waals surface area (Å²) in [4.78, 5) is 14.9. The number of thioether (sulfide) groups is 1. The average Bonchev–Trinajstić information content (AvgIpc) is 3.18. The number of hydrogen-bond donors (Lipinski definition) is 0. The maximum atomic E-state index is 13.9. The Morgan fingerprint density at radius 2 is 1.90 bits per heavy atom. The molecular weight excluding hydrogens is 427 g/mol. The molecule has 3 aromatic rings. The maximum Gasteiger partial charge on any atom is 0.232 e. The van der Waals surface area contributed by atoms with Crippen LogP contribution in [0.2, 0.25) is 5.02 Å². The zero-order valence-corrected chi connectivity index (χ0v) is 17.9. The molecule has 1 saturated heterocycles. The van der Waals surface area contributed by atoms with Gasteiger partial charge in [0.2, 0.25) is 5.95 Å². The number of carbonyl (C=O) groups is 1. The minimum Gasteiger partial charge on any atom is -0.378 e. The first kappa shape index (κ1) is 20.8. The second-order valence-corrected chi connectivity index (χ2v) is 8.57. The van der Waals surface area contributed by atoms with Crippen molar-refractivity contribution in [2.45, 2.75) is 17.3 Å². The highest BCUT2D eigenvalue weighted by atomic mass is 35.5. The molecule has 2 heterocycles. The molecule has 1 atom stereocenters. The number of ketones is 1. The number of halogens is 2. The summed E-state index contributed by atoms with van der Waals surface area (Å²) in [5, 5.41) is 9.36. The highest BCUT2D eigenvalue weighted by Gasteiger charge is 2.25. The Morgan fingerprint density at radius 1 is 1.17 bits per heavy atom. The van der Waals surface area contributed by atoms with Gasteiger partial charge in [0.25, 0.3) is 0 Å². The SMILES string of the molecule is C[C@@H](Sc1nnc(N2CCOCC2)n1-c1cccc(F)c1)C(=O)c1ccc(Cl)cc1. The fraction of sp³-hybridized carbons (Fsp3) is 0.286. The van der Waals surface area contributed by atoms with Gasteiger partial charge in [0.1, 0.15) is 5.82 Å². The van der Waals surface area contributed by atoms with E-state index < -0.39 is 5.25 Å². The molecule has 0 aliphatic carbocycles. The maximum absolute atomic E-state index is 13.9. The number of benzene rings is 2. The van der Waals surface area contributed by atoms with Crippen molar-refractivity contribution in [3.63, 3.8) is 0 Å². The molecule has 4 rings (SSSR count). The molecule has 0 spiro atoms. The van der Waals surface area contributed by atoms with Crippen molar-refractivity contribution in [3.05, 3.63) is 64.9 Å². The number of aromatic nitrogens is 3. The minimum absolute atomic E-state index is 0.0432. The van der Waals surface area contributed by atoms with E-state index in [-0.39, 0.29) is 11.6 Å². The summed E-state index contributed by atoms with van der Waals surface area (Å²) in [6, 6.07) is 13.1. The molecule has 0 bridgehead atoms. The van der Waals surface area contributed by atoms with E-state index in [9.17, 15) is 9.18 Å². The van der Waals surface area contributed by atoms with Crippen LogP contribution in [0.1, 0.15) is 17.3 Å². The fourth-order valence-electron chi connectivity index (χ4n) is 3.21. The Bertz CT molecular complexity index is 1040. The first-order chi connectivity index (χ1) is 14.5. The molecule has 0 N–H and O–H groups in total. The Labute approximate surface area is 183 Å². The van der Waals surface area contributed by atoms with Crippen molar-refractivity contribution in [2.75, 3.05) is 31.2 Å².